The first kappa shape index (κ1) is 17.9. The first-order chi connectivity index (χ1) is 12.3. The number of nitrogens with zero attached hydrogens (tertiary/aromatic N) is 2. The van der Waals surface area contributed by atoms with E-state index < -0.39 is 0 Å². The van der Waals surface area contributed by atoms with E-state index in [1.54, 1.807) is 11.3 Å². The fraction of sp³-hybridized carbons (Fsp3) is 0.556. The van der Waals surface area contributed by atoms with Gasteiger partial charge in [0, 0.05) is 38.9 Å². The summed E-state index contributed by atoms with van der Waals surface area (Å²) in [5, 5.41) is 7.05. The number of amides is 2. The van der Waals surface area contributed by atoms with Crippen molar-refractivity contribution in [3.05, 3.63) is 24.3 Å². The molecule has 7 heteroatoms. The predicted molar refractivity (Wildman–Crippen MR) is 102 cm³/mol. The largest absolute Gasteiger partial charge is 0.382 e. The van der Waals surface area contributed by atoms with Crippen molar-refractivity contribution in [2.24, 2.45) is 0 Å². The highest BCUT2D eigenvalue weighted by molar-refractivity contribution is 7.22. The molecule has 2 aromatic rings. The molecular weight excluding hydrogens is 336 g/mol. The molecule has 0 atom stereocenters. The highest BCUT2D eigenvalue weighted by Crippen LogP contribution is 2.30. The highest BCUT2D eigenvalue weighted by atomic mass is 32.1. The van der Waals surface area contributed by atoms with E-state index in [1.165, 1.54) is 4.70 Å². The minimum Gasteiger partial charge on any atom is -0.382 e. The lowest BCUT2D eigenvalue weighted by Crippen LogP contribution is -2.48. The van der Waals surface area contributed by atoms with Crippen LogP contribution in [-0.2, 0) is 4.74 Å². The summed E-state index contributed by atoms with van der Waals surface area (Å²) < 4.78 is 6.48. The molecule has 1 fully saturated rings. The van der Waals surface area contributed by atoms with Crippen LogP contribution in [0.3, 0.4) is 0 Å². The number of anilines is 1. The Labute approximate surface area is 152 Å². The summed E-state index contributed by atoms with van der Waals surface area (Å²) in [6.45, 7) is 5.89. The molecule has 1 saturated heterocycles. The zero-order chi connectivity index (χ0) is 17.5. The minimum atomic E-state index is -0.0741. The molecule has 1 aromatic heterocycles. The standard InChI is InChI=1S/C18H26N4O2S/c1-2-24-13-5-10-19-17(23)20-14-8-11-22(12-9-14)18-21-15-6-3-4-7-16(15)25-18/h3-4,6-7,14H,2,5,8-13H2,1H3,(H2,19,20,23). The lowest BCUT2D eigenvalue weighted by molar-refractivity contribution is 0.145. The van der Waals surface area contributed by atoms with Gasteiger partial charge in [-0.3, -0.25) is 0 Å². The van der Waals surface area contributed by atoms with Crippen LogP contribution in [0.15, 0.2) is 24.3 Å². The van der Waals surface area contributed by atoms with Gasteiger partial charge in [-0.1, -0.05) is 23.5 Å². The number of nitrogens with one attached hydrogen (secondary N) is 2. The van der Waals surface area contributed by atoms with Crippen LogP contribution >= 0.6 is 11.3 Å². The van der Waals surface area contributed by atoms with Crippen molar-refractivity contribution in [1.29, 1.82) is 0 Å². The number of carbonyl (C=O) groups is 1. The maximum absolute atomic E-state index is 11.9. The van der Waals surface area contributed by atoms with E-state index in [0.717, 1.165) is 49.6 Å². The quantitative estimate of drug-likeness (QED) is 0.743. The fourth-order valence-electron chi connectivity index (χ4n) is 2.97. The number of ether oxygens (including phenoxy) is 1. The summed E-state index contributed by atoms with van der Waals surface area (Å²) in [5.41, 5.74) is 1.06. The summed E-state index contributed by atoms with van der Waals surface area (Å²) >= 11 is 1.74. The third-order valence-corrected chi connectivity index (χ3v) is 5.44. The molecule has 0 radical (unpaired) electrons. The Balaban J connectivity index is 1.40. The van der Waals surface area contributed by atoms with Crippen LogP contribution in [0.5, 0.6) is 0 Å². The van der Waals surface area contributed by atoms with Crippen molar-refractivity contribution in [2.75, 3.05) is 37.7 Å². The first-order valence-corrected chi connectivity index (χ1v) is 9.80. The van der Waals surface area contributed by atoms with Crippen molar-refractivity contribution in [2.45, 2.75) is 32.2 Å². The van der Waals surface area contributed by atoms with Crippen LogP contribution < -0.4 is 15.5 Å². The van der Waals surface area contributed by atoms with Gasteiger partial charge in [-0.2, -0.15) is 0 Å². The Kier molecular flexibility index (Phi) is 6.47. The zero-order valence-corrected chi connectivity index (χ0v) is 15.5. The van der Waals surface area contributed by atoms with E-state index in [1.807, 2.05) is 19.1 Å². The fourth-order valence-corrected chi connectivity index (χ4v) is 3.98. The van der Waals surface area contributed by atoms with Gasteiger partial charge in [-0.15, -0.1) is 0 Å². The van der Waals surface area contributed by atoms with Gasteiger partial charge in [-0.05, 0) is 38.3 Å². The van der Waals surface area contributed by atoms with Crippen LogP contribution in [0.4, 0.5) is 9.93 Å². The zero-order valence-electron chi connectivity index (χ0n) is 14.7. The van der Waals surface area contributed by atoms with Gasteiger partial charge in [0.1, 0.15) is 0 Å². The van der Waals surface area contributed by atoms with Crippen LogP contribution in [0, 0.1) is 0 Å². The molecule has 2 heterocycles. The average molecular weight is 362 g/mol. The van der Waals surface area contributed by atoms with Crippen molar-refractivity contribution in [3.63, 3.8) is 0 Å². The molecule has 1 aromatic carbocycles. The summed E-state index contributed by atoms with van der Waals surface area (Å²) in [4.78, 5) is 19.0. The Morgan fingerprint density at radius 3 is 2.92 bits per heavy atom. The molecule has 1 aliphatic rings. The van der Waals surface area contributed by atoms with Crippen molar-refractivity contribution >= 4 is 32.7 Å². The number of rotatable bonds is 7. The number of carbonyl (C=O) groups excluding carboxylic acids is 1. The number of aromatic nitrogens is 1. The topological polar surface area (TPSA) is 66.5 Å². The molecule has 0 saturated carbocycles. The summed E-state index contributed by atoms with van der Waals surface area (Å²) in [5.74, 6) is 0. The third kappa shape index (κ3) is 5.06. The van der Waals surface area contributed by atoms with Gasteiger partial charge < -0.3 is 20.3 Å². The molecule has 0 bridgehead atoms. The Morgan fingerprint density at radius 2 is 2.16 bits per heavy atom. The monoisotopic (exact) mass is 362 g/mol. The normalized spacial score (nSPS) is 15.5. The van der Waals surface area contributed by atoms with E-state index in [9.17, 15) is 4.79 Å². The van der Waals surface area contributed by atoms with Gasteiger partial charge in [0.05, 0.1) is 10.2 Å². The van der Waals surface area contributed by atoms with Crippen LogP contribution in [0.1, 0.15) is 26.2 Å². The number of urea groups is 1. The minimum absolute atomic E-state index is 0.0741. The molecule has 25 heavy (non-hydrogen) atoms. The summed E-state index contributed by atoms with van der Waals surface area (Å²) in [7, 11) is 0. The molecule has 0 spiro atoms. The number of para-hydroxylation sites is 1. The highest BCUT2D eigenvalue weighted by Gasteiger charge is 2.22. The molecule has 2 N–H and O–H groups in total. The number of piperidine rings is 1. The van der Waals surface area contributed by atoms with Gasteiger partial charge in [0.2, 0.25) is 0 Å². The molecule has 1 aliphatic heterocycles. The molecule has 0 unspecified atom stereocenters. The molecular formula is C18H26N4O2S. The second-order valence-corrected chi connectivity index (χ2v) is 7.19. The van der Waals surface area contributed by atoms with Crippen molar-refractivity contribution < 1.29 is 9.53 Å². The molecule has 2 amide bonds. The molecule has 6 nitrogen and oxygen atoms in total. The molecule has 3 rings (SSSR count). The van der Waals surface area contributed by atoms with Gasteiger partial charge in [0.25, 0.3) is 0 Å². The number of benzene rings is 1. The Hall–Kier alpha value is -1.86. The van der Waals surface area contributed by atoms with E-state index in [2.05, 4.69) is 27.7 Å². The van der Waals surface area contributed by atoms with Gasteiger partial charge >= 0.3 is 6.03 Å². The van der Waals surface area contributed by atoms with E-state index >= 15 is 0 Å². The van der Waals surface area contributed by atoms with Crippen LogP contribution in [-0.4, -0.2) is 49.9 Å². The third-order valence-electron chi connectivity index (χ3n) is 4.34. The van der Waals surface area contributed by atoms with E-state index in [4.69, 9.17) is 9.72 Å². The number of thiazole rings is 1. The Bertz CT molecular complexity index is 650. The first-order valence-electron chi connectivity index (χ1n) is 8.99. The van der Waals surface area contributed by atoms with Crippen molar-refractivity contribution in [3.8, 4) is 0 Å². The van der Waals surface area contributed by atoms with Gasteiger partial charge in [0.15, 0.2) is 5.13 Å². The lowest BCUT2D eigenvalue weighted by Gasteiger charge is -2.32. The summed E-state index contributed by atoms with van der Waals surface area (Å²) in [6.07, 6.45) is 2.74. The SMILES string of the molecule is CCOCCCNC(=O)NC1CCN(c2nc3ccccc3s2)CC1. The number of hydrogen-bond acceptors (Lipinski definition) is 5. The van der Waals surface area contributed by atoms with Crippen molar-refractivity contribution in [1.82, 2.24) is 15.6 Å². The maximum Gasteiger partial charge on any atom is 0.315 e. The summed E-state index contributed by atoms with van der Waals surface area (Å²) in [6, 6.07) is 8.40. The molecule has 0 aliphatic carbocycles. The smallest absolute Gasteiger partial charge is 0.315 e. The van der Waals surface area contributed by atoms with E-state index in [0.29, 0.717) is 13.2 Å². The second kappa shape index (κ2) is 9.01. The van der Waals surface area contributed by atoms with E-state index in [-0.39, 0.29) is 12.1 Å². The number of hydrogen-bond donors (Lipinski definition) is 2. The average Bonchev–Trinajstić information content (AvgIpc) is 3.06. The van der Waals surface area contributed by atoms with Gasteiger partial charge in [-0.25, -0.2) is 9.78 Å². The number of fused-ring (bicyclic) bond motifs is 1. The molecule has 136 valence electrons. The lowest BCUT2D eigenvalue weighted by atomic mass is 10.1. The second-order valence-electron chi connectivity index (χ2n) is 6.18. The maximum atomic E-state index is 11.9. The Morgan fingerprint density at radius 1 is 1.36 bits per heavy atom. The van der Waals surface area contributed by atoms with Crippen LogP contribution in [0.25, 0.3) is 10.2 Å². The van der Waals surface area contributed by atoms with Crippen LogP contribution in [0.2, 0.25) is 0 Å². The predicted octanol–water partition coefficient (Wildman–Crippen LogP) is 2.99.